The topological polar surface area (TPSA) is 47.9 Å². The Kier molecular flexibility index (Phi) is 5.23. The van der Waals surface area contributed by atoms with E-state index in [0.29, 0.717) is 12.5 Å². The third-order valence-corrected chi connectivity index (χ3v) is 7.37. The second kappa shape index (κ2) is 7.39. The summed E-state index contributed by atoms with van der Waals surface area (Å²) in [4.78, 5) is 15.4. The molecule has 0 aromatic carbocycles. The van der Waals surface area contributed by atoms with Crippen molar-refractivity contribution in [3.8, 4) is 0 Å². The molecule has 6 heteroatoms. The standard InChI is InChI=1S/C22H27N3OS2/c1-12(2)7-16-15-9-26-22(5,6)8-14(15)17-18-19(28-20(17)25-16)21(24-11-23-18)27-10-13(3)4/h11-12H,3,7-10H2,1-2,4-6H3. The number of thioether (sulfide) groups is 1. The Labute approximate surface area is 174 Å². The number of hydrogen-bond acceptors (Lipinski definition) is 6. The molecule has 0 N–H and O–H groups in total. The van der Waals surface area contributed by atoms with Gasteiger partial charge in [-0.2, -0.15) is 0 Å². The summed E-state index contributed by atoms with van der Waals surface area (Å²) in [5.74, 6) is 1.42. The van der Waals surface area contributed by atoms with E-state index >= 15 is 0 Å². The van der Waals surface area contributed by atoms with Gasteiger partial charge in [0.2, 0.25) is 0 Å². The molecule has 4 nitrogen and oxygen atoms in total. The van der Waals surface area contributed by atoms with Crippen molar-refractivity contribution in [1.29, 1.82) is 0 Å². The molecule has 0 fully saturated rings. The second-order valence-corrected chi connectivity index (χ2v) is 10.7. The van der Waals surface area contributed by atoms with Gasteiger partial charge in [0.15, 0.2) is 0 Å². The number of rotatable bonds is 5. The summed E-state index contributed by atoms with van der Waals surface area (Å²) < 4.78 is 7.30. The quantitative estimate of drug-likeness (QED) is 0.293. The fourth-order valence-electron chi connectivity index (χ4n) is 3.70. The maximum Gasteiger partial charge on any atom is 0.126 e. The number of aromatic nitrogens is 3. The van der Waals surface area contributed by atoms with Crippen LogP contribution in [0, 0.1) is 5.92 Å². The van der Waals surface area contributed by atoms with Crippen LogP contribution in [-0.4, -0.2) is 26.3 Å². The smallest absolute Gasteiger partial charge is 0.126 e. The molecule has 4 heterocycles. The number of hydrogen-bond donors (Lipinski definition) is 0. The molecule has 1 aliphatic heterocycles. The Morgan fingerprint density at radius 3 is 2.82 bits per heavy atom. The molecule has 3 aromatic rings. The molecule has 0 amide bonds. The van der Waals surface area contributed by atoms with Gasteiger partial charge in [-0.1, -0.05) is 26.0 Å². The average Bonchev–Trinajstić information content (AvgIpc) is 2.97. The number of ether oxygens (including phenoxy) is 1. The number of pyridine rings is 1. The molecule has 0 bridgehead atoms. The molecule has 1 aliphatic rings. The van der Waals surface area contributed by atoms with Gasteiger partial charge in [-0.15, -0.1) is 23.1 Å². The molecule has 28 heavy (non-hydrogen) atoms. The summed E-state index contributed by atoms with van der Waals surface area (Å²) in [6.45, 7) is 15.5. The van der Waals surface area contributed by atoms with E-state index in [9.17, 15) is 0 Å². The second-order valence-electron chi connectivity index (χ2n) is 8.72. The van der Waals surface area contributed by atoms with Crippen molar-refractivity contribution in [1.82, 2.24) is 15.0 Å². The first-order valence-corrected chi connectivity index (χ1v) is 11.5. The van der Waals surface area contributed by atoms with E-state index < -0.39 is 0 Å². The molecule has 0 aliphatic carbocycles. The van der Waals surface area contributed by atoms with Gasteiger partial charge in [-0.05, 0) is 38.7 Å². The van der Waals surface area contributed by atoms with Crippen LogP contribution in [-0.2, 0) is 24.2 Å². The van der Waals surface area contributed by atoms with E-state index in [0.717, 1.165) is 44.2 Å². The van der Waals surface area contributed by atoms with Crippen LogP contribution in [0.5, 0.6) is 0 Å². The van der Waals surface area contributed by atoms with E-state index in [2.05, 4.69) is 51.2 Å². The Hall–Kier alpha value is -1.50. The van der Waals surface area contributed by atoms with Crippen LogP contribution in [0.25, 0.3) is 20.4 Å². The highest BCUT2D eigenvalue weighted by atomic mass is 32.2. The summed E-state index contributed by atoms with van der Waals surface area (Å²) in [5, 5.41) is 2.24. The molecule has 0 spiro atoms. The lowest BCUT2D eigenvalue weighted by Gasteiger charge is -2.33. The van der Waals surface area contributed by atoms with Crippen molar-refractivity contribution in [2.24, 2.45) is 5.92 Å². The number of fused-ring (bicyclic) bond motifs is 5. The van der Waals surface area contributed by atoms with Crippen LogP contribution in [0.1, 0.15) is 51.4 Å². The molecule has 0 saturated carbocycles. The lowest BCUT2D eigenvalue weighted by atomic mass is 9.88. The van der Waals surface area contributed by atoms with Crippen molar-refractivity contribution in [2.45, 2.75) is 64.7 Å². The predicted octanol–water partition coefficient (Wildman–Crippen LogP) is 5.96. The SMILES string of the molecule is C=C(C)CSc1ncnc2c1sc1nc(CC(C)C)c3c(c12)CC(C)(C)OC3. The zero-order valence-corrected chi connectivity index (χ0v) is 18.9. The van der Waals surface area contributed by atoms with Gasteiger partial charge in [0.05, 0.1) is 22.4 Å². The summed E-state index contributed by atoms with van der Waals surface area (Å²) in [6.07, 6.45) is 3.55. The first-order valence-electron chi connectivity index (χ1n) is 9.74. The van der Waals surface area contributed by atoms with Gasteiger partial charge in [-0.3, -0.25) is 0 Å². The molecule has 0 atom stereocenters. The van der Waals surface area contributed by atoms with Crippen LogP contribution in [0.4, 0.5) is 0 Å². The van der Waals surface area contributed by atoms with Gasteiger partial charge in [0.1, 0.15) is 16.2 Å². The van der Waals surface area contributed by atoms with Gasteiger partial charge in [0.25, 0.3) is 0 Å². The first kappa shape index (κ1) is 19.8. The Bertz CT molecular complexity index is 1070. The Morgan fingerprint density at radius 2 is 2.11 bits per heavy atom. The van der Waals surface area contributed by atoms with E-state index in [4.69, 9.17) is 9.72 Å². The molecular weight excluding hydrogens is 386 g/mol. The van der Waals surface area contributed by atoms with Crippen LogP contribution in [0.2, 0.25) is 0 Å². The number of thiophene rings is 1. The van der Waals surface area contributed by atoms with E-state index in [1.54, 1.807) is 29.4 Å². The van der Waals surface area contributed by atoms with Crippen molar-refractivity contribution in [2.75, 3.05) is 5.75 Å². The average molecular weight is 414 g/mol. The summed E-state index contributed by atoms with van der Waals surface area (Å²) in [6, 6.07) is 0. The lowest BCUT2D eigenvalue weighted by molar-refractivity contribution is -0.0402. The van der Waals surface area contributed by atoms with E-state index in [1.165, 1.54) is 22.2 Å². The van der Waals surface area contributed by atoms with E-state index in [-0.39, 0.29) is 5.60 Å². The highest BCUT2D eigenvalue weighted by Crippen LogP contribution is 2.43. The molecule has 4 rings (SSSR count). The van der Waals surface area contributed by atoms with Crippen LogP contribution in [0.3, 0.4) is 0 Å². The highest BCUT2D eigenvalue weighted by molar-refractivity contribution is 7.99. The molecular formula is C22H27N3OS2. The minimum atomic E-state index is -0.171. The third kappa shape index (κ3) is 3.70. The first-order chi connectivity index (χ1) is 13.2. The zero-order valence-electron chi connectivity index (χ0n) is 17.3. The van der Waals surface area contributed by atoms with E-state index in [1.807, 2.05) is 0 Å². The largest absolute Gasteiger partial charge is 0.370 e. The Morgan fingerprint density at radius 1 is 1.32 bits per heavy atom. The summed E-state index contributed by atoms with van der Waals surface area (Å²) in [5.41, 5.74) is 5.84. The van der Waals surface area contributed by atoms with Crippen molar-refractivity contribution < 1.29 is 4.74 Å². The minimum absolute atomic E-state index is 0.171. The molecule has 0 saturated heterocycles. The summed E-state index contributed by atoms with van der Waals surface area (Å²) in [7, 11) is 0. The highest BCUT2D eigenvalue weighted by Gasteiger charge is 2.31. The molecule has 0 unspecified atom stereocenters. The Balaban J connectivity index is 1.97. The van der Waals surface area contributed by atoms with Gasteiger partial charge in [0, 0.05) is 28.8 Å². The lowest BCUT2D eigenvalue weighted by Crippen LogP contribution is -2.33. The normalized spacial score (nSPS) is 16.1. The predicted molar refractivity (Wildman–Crippen MR) is 119 cm³/mol. The van der Waals surface area contributed by atoms with Crippen LogP contribution >= 0.6 is 23.1 Å². The van der Waals surface area contributed by atoms with Crippen molar-refractivity contribution >= 4 is 43.5 Å². The number of nitrogens with zero attached hydrogens (tertiary/aromatic N) is 3. The van der Waals surface area contributed by atoms with Gasteiger partial charge >= 0.3 is 0 Å². The summed E-state index contributed by atoms with van der Waals surface area (Å²) >= 11 is 3.46. The maximum atomic E-state index is 6.16. The molecule has 148 valence electrons. The fraction of sp³-hybridized carbons (Fsp3) is 0.500. The monoisotopic (exact) mass is 413 g/mol. The maximum absolute atomic E-state index is 6.16. The third-order valence-electron chi connectivity index (χ3n) is 4.94. The van der Waals surface area contributed by atoms with Gasteiger partial charge in [-0.25, -0.2) is 15.0 Å². The van der Waals surface area contributed by atoms with Crippen LogP contribution in [0.15, 0.2) is 23.5 Å². The van der Waals surface area contributed by atoms with Crippen LogP contribution < -0.4 is 0 Å². The molecule has 0 radical (unpaired) electrons. The van der Waals surface area contributed by atoms with Crippen molar-refractivity contribution in [3.05, 3.63) is 35.3 Å². The zero-order chi connectivity index (χ0) is 20.1. The fourth-order valence-corrected chi connectivity index (χ4v) is 5.80. The minimum Gasteiger partial charge on any atom is -0.370 e. The van der Waals surface area contributed by atoms with Crippen molar-refractivity contribution in [3.63, 3.8) is 0 Å². The molecule has 3 aromatic heterocycles. The van der Waals surface area contributed by atoms with Gasteiger partial charge < -0.3 is 4.74 Å².